The molecule has 0 saturated carbocycles. The Morgan fingerprint density at radius 3 is 2.96 bits per heavy atom. The van der Waals surface area contributed by atoms with Gasteiger partial charge in [-0.05, 0) is 6.92 Å². The largest absolute Gasteiger partial charge is 0.459 e. The van der Waals surface area contributed by atoms with Crippen LogP contribution in [0.2, 0.25) is 0 Å². The fraction of sp³-hybridized carbons (Fsp3) is 0.263. The first kappa shape index (κ1) is 17.5. The number of fused-ring (bicyclic) bond motifs is 1. The van der Waals surface area contributed by atoms with Crippen molar-refractivity contribution in [1.82, 2.24) is 14.7 Å². The van der Waals surface area contributed by atoms with Gasteiger partial charge in [0.2, 0.25) is 0 Å². The molecule has 3 aromatic rings. The molecule has 1 unspecified atom stereocenters. The zero-order valence-corrected chi connectivity index (χ0v) is 15.4. The molecule has 4 rings (SSSR count). The van der Waals surface area contributed by atoms with Gasteiger partial charge in [-0.3, -0.25) is 14.2 Å². The number of carbonyl (C=O) groups is 1. The molecule has 0 spiro atoms. The Labute approximate surface area is 159 Å². The van der Waals surface area contributed by atoms with Gasteiger partial charge in [0.25, 0.3) is 5.56 Å². The molecule has 0 N–H and O–H groups in total. The van der Waals surface area contributed by atoms with Gasteiger partial charge in [-0.1, -0.05) is 47.3 Å². The summed E-state index contributed by atoms with van der Waals surface area (Å²) in [5.74, 6) is 0.865. The number of aryl methyl sites for hydroxylation is 1. The van der Waals surface area contributed by atoms with E-state index in [1.54, 1.807) is 17.6 Å². The highest BCUT2D eigenvalue weighted by molar-refractivity contribution is 7.99. The van der Waals surface area contributed by atoms with Crippen molar-refractivity contribution in [3.8, 4) is 11.3 Å². The Morgan fingerprint density at radius 2 is 2.15 bits per heavy atom. The van der Waals surface area contributed by atoms with Gasteiger partial charge in [0.05, 0.1) is 12.5 Å². The zero-order chi connectivity index (χ0) is 18.8. The van der Waals surface area contributed by atoms with Crippen LogP contribution in [0.5, 0.6) is 0 Å². The van der Waals surface area contributed by atoms with E-state index in [0.29, 0.717) is 28.1 Å². The zero-order valence-electron chi connectivity index (χ0n) is 14.6. The fourth-order valence-electron chi connectivity index (χ4n) is 2.94. The van der Waals surface area contributed by atoms with Crippen LogP contribution >= 0.6 is 11.8 Å². The highest BCUT2D eigenvalue weighted by atomic mass is 32.2. The molecule has 1 aromatic carbocycles. The van der Waals surface area contributed by atoms with Crippen molar-refractivity contribution < 1.29 is 14.1 Å². The second kappa shape index (κ2) is 7.40. The van der Waals surface area contributed by atoms with Crippen molar-refractivity contribution in [2.75, 3.05) is 5.75 Å². The highest BCUT2D eigenvalue weighted by Gasteiger charge is 2.28. The molecule has 0 radical (unpaired) electrons. The van der Waals surface area contributed by atoms with E-state index in [1.165, 1.54) is 17.8 Å². The summed E-state index contributed by atoms with van der Waals surface area (Å²) in [5.41, 5.74) is 1.99. The smallest absolute Gasteiger partial charge is 0.308 e. The molecule has 0 bridgehead atoms. The van der Waals surface area contributed by atoms with Gasteiger partial charge in [0.1, 0.15) is 12.3 Å². The van der Waals surface area contributed by atoms with Gasteiger partial charge in [-0.15, -0.1) is 0 Å². The van der Waals surface area contributed by atoms with Crippen molar-refractivity contribution in [2.45, 2.75) is 31.1 Å². The van der Waals surface area contributed by atoms with E-state index in [9.17, 15) is 9.59 Å². The molecule has 8 heteroatoms. The van der Waals surface area contributed by atoms with Gasteiger partial charge in [0, 0.05) is 29.1 Å². The molecule has 0 fully saturated rings. The Kier molecular flexibility index (Phi) is 4.81. The Balaban J connectivity index is 1.37. The van der Waals surface area contributed by atoms with Crippen LogP contribution < -0.4 is 5.56 Å². The standard InChI is InChI=1S/C19H17N3O4S/c1-12-7-17(23)22-15(11-27-19(22)20-12)9-18(24)25-10-14-8-16(26-21-14)13-5-3-2-4-6-13/h2-8,15H,9-11H2,1H3. The number of ether oxygens (including phenoxy) is 1. The molecule has 2 aromatic heterocycles. The molecular formula is C19H17N3O4S. The van der Waals surface area contributed by atoms with E-state index < -0.39 is 0 Å². The summed E-state index contributed by atoms with van der Waals surface area (Å²) < 4.78 is 12.2. The van der Waals surface area contributed by atoms with Crippen LogP contribution in [-0.2, 0) is 16.1 Å². The lowest BCUT2D eigenvalue weighted by atomic mass is 10.2. The average Bonchev–Trinajstić information content (AvgIpc) is 3.28. The van der Waals surface area contributed by atoms with Crippen molar-refractivity contribution in [2.24, 2.45) is 0 Å². The fourth-order valence-corrected chi connectivity index (χ4v) is 4.13. The lowest BCUT2D eigenvalue weighted by molar-refractivity contribution is -0.145. The van der Waals surface area contributed by atoms with E-state index >= 15 is 0 Å². The monoisotopic (exact) mass is 383 g/mol. The summed E-state index contributed by atoms with van der Waals surface area (Å²) in [5, 5.41) is 4.59. The second-order valence-electron chi connectivity index (χ2n) is 6.27. The van der Waals surface area contributed by atoms with Gasteiger partial charge in [-0.2, -0.15) is 0 Å². The first-order valence-corrected chi connectivity index (χ1v) is 9.48. The quantitative estimate of drug-likeness (QED) is 0.494. The maximum Gasteiger partial charge on any atom is 0.308 e. The normalized spacial score (nSPS) is 15.5. The van der Waals surface area contributed by atoms with Gasteiger partial charge in [0.15, 0.2) is 10.9 Å². The summed E-state index contributed by atoms with van der Waals surface area (Å²) >= 11 is 1.48. The van der Waals surface area contributed by atoms with E-state index in [2.05, 4.69) is 10.1 Å². The first-order valence-electron chi connectivity index (χ1n) is 8.50. The highest BCUT2D eigenvalue weighted by Crippen LogP contribution is 2.32. The third-order valence-electron chi connectivity index (χ3n) is 4.22. The Morgan fingerprint density at radius 1 is 1.33 bits per heavy atom. The minimum Gasteiger partial charge on any atom is -0.459 e. The number of nitrogens with zero attached hydrogens (tertiary/aromatic N) is 3. The molecule has 7 nitrogen and oxygen atoms in total. The summed E-state index contributed by atoms with van der Waals surface area (Å²) in [4.78, 5) is 28.7. The molecular weight excluding hydrogens is 366 g/mol. The molecule has 1 atom stereocenters. The first-order chi connectivity index (χ1) is 13.1. The molecule has 27 heavy (non-hydrogen) atoms. The van der Waals surface area contributed by atoms with Crippen LogP contribution in [0.15, 0.2) is 56.9 Å². The van der Waals surface area contributed by atoms with Crippen LogP contribution in [0.3, 0.4) is 0 Å². The number of hydrogen-bond donors (Lipinski definition) is 0. The molecule has 0 amide bonds. The van der Waals surface area contributed by atoms with E-state index in [-0.39, 0.29) is 30.6 Å². The summed E-state index contributed by atoms with van der Waals surface area (Å²) in [6, 6.07) is 12.6. The predicted octanol–water partition coefficient (Wildman–Crippen LogP) is 2.99. The minimum atomic E-state index is -0.384. The second-order valence-corrected chi connectivity index (χ2v) is 7.25. The van der Waals surface area contributed by atoms with Crippen LogP contribution in [0, 0.1) is 6.92 Å². The number of carbonyl (C=O) groups excluding carboxylic acids is 1. The summed E-state index contributed by atoms with van der Waals surface area (Å²) in [7, 11) is 0. The maximum atomic E-state index is 12.2. The maximum absolute atomic E-state index is 12.2. The van der Waals surface area contributed by atoms with Gasteiger partial charge >= 0.3 is 5.97 Å². The molecule has 0 aliphatic carbocycles. The third-order valence-corrected chi connectivity index (χ3v) is 5.32. The average molecular weight is 383 g/mol. The number of esters is 1. The Hall–Kier alpha value is -2.87. The van der Waals surface area contributed by atoms with E-state index in [1.807, 2.05) is 30.3 Å². The van der Waals surface area contributed by atoms with Crippen molar-refractivity contribution in [3.05, 3.63) is 64.2 Å². The number of aromatic nitrogens is 3. The number of thioether (sulfide) groups is 1. The van der Waals surface area contributed by atoms with Gasteiger partial charge < -0.3 is 9.26 Å². The third kappa shape index (κ3) is 3.80. The van der Waals surface area contributed by atoms with Crippen molar-refractivity contribution >= 4 is 17.7 Å². The van der Waals surface area contributed by atoms with Crippen LogP contribution in [0.4, 0.5) is 0 Å². The summed E-state index contributed by atoms with van der Waals surface area (Å²) in [6.07, 6.45) is 0.119. The Bertz CT molecular complexity index is 1030. The topological polar surface area (TPSA) is 87.2 Å². The van der Waals surface area contributed by atoms with Crippen molar-refractivity contribution in [3.63, 3.8) is 0 Å². The number of hydrogen-bond acceptors (Lipinski definition) is 7. The number of benzene rings is 1. The van der Waals surface area contributed by atoms with Crippen LogP contribution in [0.1, 0.15) is 23.9 Å². The lowest BCUT2D eigenvalue weighted by Gasteiger charge is -2.12. The van der Waals surface area contributed by atoms with Gasteiger partial charge in [-0.25, -0.2) is 4.98 Å². The molecule has 138 valence electrons. The van der Waals surface area contributed by atoms with Crippen LogP contribution in [-0.4, -0.2) is 26.4 Å². The van der Waals surface area contributed by atoms with Crippen molar-refractivity contribution in [1.29, 1.82) is 0 Å². The summed E-state index contributed by atoms with van der Waals surface area (Å²) in [6.45, 7) is 1.81. The molecule has 1 aliphatic rings. The SMILES string of the molecule is Cc1cc(=O)n2c(n1)SCC2CC(=O)OCc1cc(-c2ccccc2)on1. The minimum absolute atomic E-state index is 0.0307. The number of rotatable bonds is 5. The lowest BCUT2D eigenvalue weighted by Crippen LogP contribution is -2.26. The predicted molar refractivity (Wildman–Crippen MR) is 99.3 cm³/mol. The van der Waals surface area contributed by atoms with E-state index in [4.69, 9.17) is 9.26 Å². The molecule has 3 heterocycles. The van der Waals surface area contributed by atoms with E-state index in [0.717, 1.165) is 5.56 Å². The van der Waals surface area contributed by atoms with Crippen LogP contribution in [0.25, 0.3) is 11.3 Å². The molecule has 1 aliphatic heterocycles. The molecule has 0 saturated heterocycles.